The van der Waals surface area contributed by atoms with Gasteiger partial charge in [0.15, 0.2) is 11.5 Å². The predicted octanol–water partition coefficient (Wildman–Crippen LogP) is 2.45. The Hall–Kier alpha value is -2.21. The maximum absolute atomic E-state index is 12.2. The fraction of sp³-hybridized carbons (Fsp3) is 0.444. The topological polar surface area (TPSA) is 59.1 Å². The first kappa shape index (κ1) is 19.1. The summed E-state index contributed by atoms with van der Waals surface area (Å²) in [4.78, 5) is 27.3. The van der Waals surface area contributed by atoms with Gasteiger partial charge in [-0.05, 0) is 37.6 Å². The molecule has 0 atom stereocenters. The maximum atomic E-state index is 12.2. The summed E-state index contributed by atoms with van der Waals surface area (Å²) in [5, 5.41) is 0.439. The van der Waals surface area contributed by atoms with Gasteiger partial charge in [0.1, 0.15) is 13.2 Å². The largest absolute Gasteiger partial charge is 0.486 e. The number of fused-ring (bicyclic) bond motifs is 1. The van der Waals surface area contributed by atoms with Crippen LogP contribution >= 0.6 is 11.6 Å². The molecule has 0 N–H and O–H groups in total. The Morgan fingerprint density at radius 1 is 1.20 bits per heavy atom. The average Bonchev–Trinajstić information content (AvgIpc) is 2.60. The van der Waals surface area contributed by atoms with E-state index in [2.05, 4.69) is 0 Å². The van der Waals surface area contributed by atoms with Crippen LogP contribution in [-0.2, 0) is 9.59 Å². The summed E-state index contributed by atoms with van der Waals surface area (Å²) in [5.41, 5.74) is 0.728. The highest BCUT2D eigenvalue weighted by molar-refractivity contribution is 6.32. The lowest BCUT2D eigenvalue weighted by Gasteiger charge is -2.22. The Morgan fingerprint density at radius 2 is 1.88 bits per heavy atom. The van der Waals surface area contributed by atoms with E-state index in [1.165, 1.54) is 11.0 Å². The van der Waals surface area contributed by atoms with Gasteiger partial charge in [-0.15, -0.1) is 0 Å². The summed E-state index contributed by atoms with van der Waals surface area (Å²) in [5.74, 6) is 0.761. The highest BCUT2D eigenvalue weighted by Crippen LogP contribution is 2.38. The molecule has 0 unspecified atom stereocenters. The summed E-state index contributed by atoms with van der Waals surface area (Å²) >= 11 is 6.18. The number of rotatable bonds is 6. The number of hydrogen-bond acceptors (Lipinski definition) is 4. The standard InChI is InChI=1S/C18H23ClN2O4/c1-4-21(5-2)17(23)12-20(3)16(22)7-6-13-10-14(19)18-15(11-13)24-8-9-25-18/h6-7,10-11H,4-5,8-9,12H2,1-3H3. The van der Waals surface area contributed by atoms with Crippen LogP contribution in [0.1, 0.15) is 19.4 Å². The molecule has 0 radical (unpaired) electrons. The lowest BCUT2D eigenvalue weighted by Crippen LogP contribution is -2.40. The molecule has 25 heavy (non-hydrogen) atoms. The number of likely N-dealkylation sites (N-methyl/N-ethyl adjacent to an activating group) is 2. The fourth-order valence-electron chi connectivity index (χ4n) is 2.48. The second-order valence-corrected chi connectivity index (χ2v) is 6.03. The Balaban J connectivity index is 2.02. The van der Waals surface area contributed by atoms with E-state index in [-0.39, 0.29) is 18.4 Å². The summed E-state index contributed by atoms with van der Waals surface area (Å²) in [6, 6.07) is 3.48. The lowest BCUT2D eigenvalue weighted by atomic mass is 10.1. The number of amides is 2. The molecule has 1 aliphatic rings. The van der Waals surface area contributed by atoms with Gasteiger partial charge < -0.3 is 19.3 Å². The van der Waals surface area contributed by atoms with Crippen molar-refractivity contribution in [2.45, 2.75) is 13.8 Å². The zero-order valence-corrected chi connectivity index (χ0v) is 15.5. The minimum Gasteiger partial charge on any atom is -0.486 e. The molecule has 7 heteroatoms. The molecule has 2 amide bonds. The third-order valence-corrected chi connectivity index (χ3v) is 4.18. The molecule has 0 fully saturated rings. The minimum absolute atomic E-state index is 0.0484. The number of hydrogen-bond donors (Lipinski definition) is 0. The van der Waals surface area contributed by atoms with Crippen molar-refractivity contribution in [3.05, 3.63) is 28.8 Å². The van der Waals surface area contributed by atoms with Crippen LogP contribution in [0.3, 0.4) is 0 Å². The number of carbonyl (C=O) groups excluding carboxylic acids is 2. The van der Waals surface area contributed by atoms with E-state index in [0.717, 1.165) is 5.56 Å². The number of ether oxygens (including phenoxy) is 2. The van der Waals surface area contributed by atoms with Gasteiger partial charge in [-0.2, -0.15) is 0 Å². The van der Waals surface area contributed by atoms with Gasteiger partial charge in [-0.3, -0.25) is 9.59 Å². The van der Waals surface area contributed by atoms with Crippen molar-refractivity contribution in [2.24, 2.45) is 0 Å². The fourth-order valence-corrected chi connectivity index (χ4v) is 2.75. The van der Waals surface area contributed by atoms with Gasteiger partial charge in [0.2, 0.25) is 11.8 Å². The van der Waals surface area contributed by atoms with Gasteiger partial charge in [-0.25, -0.2) is 0 Å². The zero-order chi connectivity index (χ0) is 18.4. The molecule has 0 aliphatic carbocycles. The lowest BCUT2D eigenvalue weighted by molar-refractivity contribution is -0.136. The number of carbonyl (C=O) groups is 2. The van der Waals surface area contributed by atoms with Gasteiger partial charge in [0.25, 0.3) is 0 Å². The van der Waals surface area contributed by atoms with E-state index < -0.39 is 0 Å². The summed E-state index contributed by atoms with van der Waals surface area (Å²) in [6.45, 7) is 6.05. The molecule has 6 nitrogen and oxygen atoms in total. The molecule has 1 aromatic carbocycles. The third kappa shape index (κ3) is 4.89. The van der Waals surface area contributed by atoms with Gasteiger partial charge in [0.05, 0.1) is 11.6 Å². The van der Waals surface area contributed by atoms with Crippen LogP contribution in [0, 0.1) is 0 Å². The van der Waals surface area contributed by atoms with Gasteiger partial charge in [-0.1, -0.05) is 11.6 Å². The second-order valence-electron chi connectivity index (χ2n) is 5.62. The van der Waals surface area contributed by atoms with Crippen LogP contribution < -0.4 is 9.47 Å². The van der Waals surface area contributed by atoms with Crippen molar-refractivity contribution in [3.8, 4) is 11.5 Å². The number of halogens is 1. The molecule has 1 aliphatic heterocycles. The highest BCUT2D eigenvalue weighted by Gasteiger charge is 2.17. The molecular weight excluding hydrogens is 344 g/mol. The Morgan fingerprint density at radius 3 is 2.56 bits per heavy atom. The molecule has 0 saturated carbocycles. The van der Waals surface area contributed by atoms with Crippen molar-refractivity contribution in [1.82, 2.24) is 9.80 Å². The van der Waals surface area contributed by atoms with E-state index >= 15 is 0 Å². The van der Waals surface area contributed by atoms with Crippen molar-refractivity contribution in [1.29, 1.82) is 0 Å². The molecule has 1 aromatic rings. The Labute approximate surface area is 152 Å². The van der Waals surface area contributed by atoms with E-state index in [4.69, 9.17) is 21.1 Å². The minimum atomic E-state index is -0.258. The van der Waals surface area contributed by atoms with E-state index in [0.29, 0.717) is 42.8 Å². The summed E-state index contributed by atoms with van der Waals surface area (Å²) < 4.78 is 11.0. The van der Waals surface area contributed by atoms with Crippen LogP contribution in [0.4, 0.5) is 0 Å². The molecular formula is C18H23ClN2O4. The summed E-state index contributed by atoms with van der Waals surface area (Å²) in [6.07, 6.45) is 3.06. The summed E-state index contributed by atoms with van der Waals surface area (Å²) in [7, 11) is 1.60. The molecule has 136 valence electrons. The van der Waals surface area contributed by atoms with Crippen LogP contribution in [0.25, 0.3) is 6.08 Å². The quantitative estimate of drug-likeness (QED) is 0.726. The van der Waals surface area contributed by atoms with Gasteiger partial charge >= 0.3 is 0 Å². The first-order chi connectivity index (χ1) is 12.0. The molecule has 0 aromatic heterocycles. The maximum Gasteiger partial charge on any atom is 0.246 e. The molecule has 2 rings (SSSR count). The highest BCUT2D eigenvalue weighted by atomic mass is 35.5. The van der Waals surface area contributed by atoms with Crippen molar-refractivity contribution < 1.29 is 19.1 Å². The Kier molecular flexibility index (Phi) is 6.70. The molecule has 0 bridgehead atoms. The number of nitrogens with zero attached hydrogens (tertiary/aromatic N) is 2. The van der Waals surface area contributed by atoms with E-state index in [9.17, 15) is 9.59 Å². The normalized spacial score (nSPS) is 13.0. The molecule has 0 saturated heterocycles. The molecule has 1 heterocycles. The number of benzene rings is 1. The van der Waals surface area contributed by atoms with Crippen LogP contribution in [0.2, 0.25) is 5.02 Å². The monoisotopic (exact) mass is 366 g/mol. The second kappa shape index (κ2) is 8.76. The van der Waals surface area contributed by atoms with Crippen LogP contribution in [0.15, 0.2) is 18.2 Å². The molecule has 0 spiro atoms. The SMILES string of the molecule is CCN(CC)C(=O)CN(C)C(=O)C=Cc1cc(Cl)c2c(c1)OCCO2. The Bertz CT molecular complexity index is 671. The first-order valence-corrected chi connectivity index (χ1v) is 8.64. The van der Waals surface area contributed by atoms with Crippen LogP contribution in [0.5, 0.6) is 11.5 Å². The van der Waals surface area contributed by atoms with Crippen molar-refractivity contribution in [3.63, 3.8) is 0 Å². The third-order valence-electron chi connectivity index (χ3n) is 3.90. The van der Waals surface area contributed by atoms with Crippen molar-refractivity contribution in [2.75, 3.05) is 39.9 Å². The zero-order valence-electron chi connectivity index (χ0n) is 14.8. The van der Waals surface area contributed by atoms with Crippen LogP contribution in [-0.4, -0.2) is 61.5 Å². The predicted molar refractivity (Wildman–Crippen MR) is 97.0 cm³/mol. The smallest absolute Gasteiger partial charge is 0.246 e. The van der Waals surface area contributed by atoms with E-state index in [1.807, 2.05) is 13.8 Å². The van der Waals surface area contributed by atoms with E-state index in [1.54, 1.807) is 30.2 Å². The average molecular weight is 367 g/mol. The van der Waals surface area contributed by atoms with Gasteiger partial charge in [0, 0.05) is 26.2 Å². The van der Waals surface area contributed by atoms with Crippen molar-refractivity contribution >= 4 is 29.5 Å². The first-order valence-electron chi connectivity index (χ1n) is 8.26.